The molecule has 0 radical (unpaired) electrons. The molecule has 0 saturated heterocycles. The van der Waals surface area contributed by atoms with Gasteiger partial charge in [-0.05, 0) is 60.5 Å². The van der Waals surface area contributed by atoms with Crippen LogP contribution >= 0.6 is 0 Å². The highest BCUT2D eigenvalue weighted by atomic mass is 19.1. The average molecular weight is 358 g/mol. The molecule has 0 spiro atoms. The summed E-state index contributed by atoms with van der Waals surface area (Å²) < 4.78 is 54.0. The molecule has 0 bridgehead atoms. The second kappa shape index (κ2) is 7.46. The van der Waals surface area contributed by atoms with Gasteiger partial charge in [-0.2, -0.15) is 0 Å². The smallest absolute Gasteiger partial charge is 0.125 e. The minimum atomic E-state index is -0.419. The Balaban J connectivity index is 1.83. The van der Waals surface area contributed by atoms with Crippen LogP contribution in [0, 0.1) is 12.7 Å². The Morgan fingerprint density at radius 3 is 1.96 bits per heavy atom. The predicted octanol–water partition coefficient (Wildman–Crippen LogP) is 7.27. The number of aryl methyl sites for hydroxylation is 1. The van der Waals surface area contributed by atoms with Crippen LogP contribution < -0.4 is 4.90 Å². The Morgan fingerprint density at radius 2 is 1.33 bits per heavy atom. The summed E-state index contributed by atoms with van der Waals surface area (Å²) in [4.78, 5) is 1.90. The van der Waals surface area contributed by atoms with Crippen molar-refractivity contribution in [1.29, 1.82) is 0 Å². The minimum absolute atomic E-state index is 0.148. The predicted molar refractivity (Wildman–Crippen MR) is 111 cm³/mol. The van der Waals surface area contributed by atoms with Gasteiger partial charge in [0, 0.05) is 17.1 Å². The molecule has 0 N–H and O–H groups in total. The van der Waals surface area contributed by atoms with Gasteiger partial charge in [0.15, 0.2) is 0 Å². The lowest BCUT2D eigenvalue weighted by Crippen LogP contribution is -2.10. The van der Waals surface area contributed by atoms with E-state index in [2.05, 4.69) is 0 Å². The highest BCUT2D eigenvalue weighted by Gasteiger charge is 2.13. The molecule has 4 aromatic rings. The molecule has 0 heterocycles. The molecule has 0 aliphatic rings. The van der Waals surface area contributed by atoms with Gasteiger partial charge in [0.1, 0.15) is 5.82 Å². The number of halogens is 1. The van der Waals surface area contributed by atoms with E-state index < -0.39 is 6.04 Å². The Labute approximate surface area is 166 Å². The van der Waals surface area contributed by atoms with Crippen LogP contribution in [-0.4, -0.2) is 0 Å². The maximum atomic E-state index is 14.0. The second-order valence-electron chi connectivity index (χ2n) is 6.20. The van der Waals surface area contributed by atoms with Crippen molar-refractivity contribution in [2.24, 2.45) is 0 Å². The molecule has 0 aliphatic heterocycles. The first-order chi connectivity index (χ1) is 15.3. The maximum Gasteiger partial charge on any atom is 0.125 e. The molecule has 0 amide bonds. The molecule has 4 aromatic carbocycles. The van der Waals surface area contributed by atoms with Gasteiger partial charge >= 0.3 is 0 Å². The van der Waals surface area contributed by atoms with Crippen molar-refractivity contribution >= 4 is 17.1 Å². The van der Waals surface area contributed by atoms with Crippen LogP contribution in [0.3, 0.4) is 0 Å². The molecule has 4 rings (SSSR count). The Hall–Kier alpha value is -3.39. The van der Waals surface area contributed by atoms with Crippen molar-refractivity contribution in [2.75, 3.05) is 4.90 Å². The third-order valence-corrected chi connectivity index (χ3v) is 4.27. The minimum Gasteiger partial charge on any atom is -0.310 e. The van der Waals surface area contributed by atoms with Crippen LogP contribution in [-0.2, 0) is 0 Å². The molecule has 1 nitrogen and oxygen atoms in total. The van der Waals surface area contributed by atoms with Gasteiger partial charge in [-0.1, -0.05) is 66.1 Å². The zero-order valence-electron chi connectivity index (χ0n) is 19.8. The van der Waals surface area contributed by atoms with Crippen LogP contribution in [0.2, 0.25) is 0 Å². The fourth-order valence-corrected chi connectivity index (χ4v) is 2.93. The van der Waals surface area contributed by atoms with E-state index in [0.717, 1.165) is 16.9 Å². The van der Waals surface area contributed by atoms with Crippen molar-refractivity contribution in [3.8, 4) is 11.1 Å². The number of hydrogen-bond acceptors (Lipinski definition) is 1. The molecule has 0 aliphatic carbocycles. The lowest BCUT2D eigenvalue weighted by molar-refractivity contribution is 0.628. The van der Waals surface area contributed by atoms with Crippen LogP contribution in [0.5, 0.6) is 0 Å². The van der Waals surface area contributed by atoms with Gasteiger partial charge in [0.05, 0.1) is 6.85 Å². The largest absolute Gasteiger partial charge is 0.310 e. The Bertz CT molecular complexity index is 1260. The van der Waals surface area contributed by atoms with Crippen molar-refractivity contribution in [3.05, 3.63) is 114 Å². The van der Waals surface area contributed by atoms with Gasteiger partial charge in [-0.25, -0.2) is 4.39 Å². The molecule has 27 heavy (non-hydrogen) atoms. The fraction of sp³-hybridized carbons (Fsp3) is 0.0400. The second-order valence-corrected chi connectivity index (χ2v) is 6.20. The van der Waals surface area contributed by atoms with E-state index in [9.17, 15) is 4.39 Å². The molecule has 0 aromatic heterocycles. The van der Waals surface area contributed by atoms with E-state index in [1.165, 1.54) is 12.1 Å². The molecule has 0 saturated carbocycles. The average Bonchev–Trinajstić information content (AvgIpc) is 2.79. The van der Waals surface area contributed by atoms with E-state index >= 15 is 0 Å². The van der Waals surface area contributed by atoms with E-state index in [1.807, 2.05) is 42.2 Å². The Morgan fingerprint density at radius 1 is 0.704 bits per heavy atom. The van der Waals surface area contributed by atoms with Gasteiger partial charge in [0.25, 0.3) is 0 Å². The van der Waals surface area contributed by atoms with Crippen LogP contribution in [0.15, 0.2) is 103 Å². The van der Waals surface area contributed by atoms with Crippen LogP contribution in [0.25, 0.3) is 11.1 Å². The summed E-state index contributed by atoms with van der Waals surface area (Å²) in [6, 6.07) is 19.5. The quantitative estimate of drug-likeness (QED) is 0.371. The summed E-state index contributed by atoms with van der Waals surface area (Å²) in [5.41, 5.74) is 3.99. The van der Waals surface area contributed by atoms with Crippen LogP contribution in [0.1, 0.15) is 12.4 Å². The molecule has 0 fully saturated rings. The zero-order chi connectivity index (χ0) is 23.0. The van der Waals surface area contributed by atoms with Gasteiger partial charge in [-0.3, -0.25) is 0 Å². The summed E-state index contributed by atoms with van der Waals surface area (Å²) in [6.45, 7) is 1.99. The lowest BCUT2D eigenvalue weighted by atomic mass is 10.0. The molecule has 2 heteroatoms. The first kappa shape index (κ1) is 12.1. The van der Waals surface area contributed by atoms with Crippen molar-refractivity contribution < 1.29 is 11.2 Å². The normalized spacial score (nSPS) is 13.2. The number of nitrogens with zero attached hydrogens (tertiary/aromatic N) is 1. The topological polar surface area (TPSA) is 3.24 Å². The van der Waals surface area contributed by atoms with Gasteiger partial charge < -0.3 is 4.90 Å². The number of hydrogen-bond donors (Lipinski definition) is 0. The zero-order valence-corrected chi connectivity index (χ0v) is 14.8. The lowest BCUT2D eigenvalue weighted by Gasteiger charge is -2.25. The monoisotopic (exact) mass is 358 g/mol. The Kier molecular flexibility index (Phi) is 3.34. The van der Waals surface area contributed by atoms with Gasteiger partial charge in [-0.15, -0.1) is 0 Å². The summed E-state index contributed by atoms with van der Waals surface area (Å²) in [5.74, 6) is -0.352. The molecule has 0 atom stereocenters. The summed E-state index contributed by atoms with van der Waals surface area (Å²) >= 11 is 0. The molecular weight excluding hydrogens is 333 g/mol. The van der Waals surface area contributed by atoms with Crippen molar-refractivity contribution in [3.63, 3.8) is 0 Å². The molecule has 132 valence electrons. The third kappa shape index (κ3) is 3.75. The molecular formula is C25H20FN. The number of rotatable bonds is 4. The summed E-state index contributed by atoms with van der Waals surface area (Å²) in [6.07, 6.45) is 0. The highest BCUT2D eigenvalue weighted by Crippen LogP contribution is 2.35. The van der Waals surface area contributed by atoms with E-state index in [0.29, 0.717) is 11.3 Å². The van der Waals surface area contributed by atoms with E-state index in [-0.39, 0.29) is 35.6 Å². The van der Waals surface area contributed by atoms with E-state index in [1.54, 1.807) is 30.3 Å². The van der Waals surface area contributed by atoms with E-state index in [4.69, 9.17) is 6.85 Å². The van der Waals surface area contributed by atoms with Crippen molar-refractivity contribution in [1.82, 2.24) is 0 Å². The fourth-order valence-electron chi connectivity index (χ4n) is 2.93. The first-order valence-electron chi connectivity index (χ1n) is 11.1. The SMILES string of the molecule is [2H]c1c([2H])c([2H])c(-c2ccc(N(c3ccc(C)cc3)c3cccc(F)c3)cc2)c([2H])c1[2H]. The summed E-state index contributed by atoms with van der Waals surface area (Å²) in [5, 5.41) is 0. The summed E-state index contributed by atoms with van der Waals surface area (Å²) in [7, 11) is 0. The maximum absolute atomic E-state index is 14.0. The molecule has 0 unspecified atom stereocenters. The number of anilines is 3. The highest BCUT2D eigenvalue weighted by molar-refractivity contribution is 5.78. The number of benzene rings is 4. The standard InChI is InChI=1S/C25H20FN/c1-19-10-14-23(15-11-19)27(25-9-5-8-22(26)18-25)24-16-12-21(13-17-24)20-6-3-2-4-7-20/h2-18H,1H3/i2D,3D,4D,6D,7D. The van der Waals surface area contributed by atoms with Crippen LogP contribution in [0.4, 0.5) is 21.5 Å². The first-order valence-corrected chi connectivity index (χ1v) is 8.57. The van der Waals surface area contributed by atoms with Crippen molar-refractivity contribution in [2.45, 2.75) is 6.92 Å². The third-order valence-electron chi connectivity index (χ3n) is 4.27. The van der Waals surface area contributed by atoms with Gasteiger partial charge in [0.2, 0.25) is 0 Å².